The number of unbranched alkanes of at least 4 members (excludes halogenated alkanes) is 22. The molecule has 15 atom stereocenters. The minimum absolute atomic E-state index is 0. The Morgan fingerprint density at radius 2 is 0.896 bits per heavy atom. The Labute approximate surface area is 424 Å². The SMILES string of the molecule is CCCCCCCCCCCCCCC(CCCCCCCCCCCCCC)COC1OC(CO)C(OC2OC(CO)C(O)C(S(=O)(=O)[O-])C2O)C(OC2OC(C)C(O)C(O)C2O)C1O.[Na+]. The van der Waals surface area contributed by atoms with Crippen molar-refractivity contribution in [2.45, 2.75) is 279 Å². The number of ether oxygens (including phenoxy) is 6. The Hall–Kier alpha value is 0.350. The molecular weight excluding hydrogens is 904 g/mol. The minimum Gasteiger partial charge on any atom is -0.748 e. The Balaban J connectivity index is 0.0000154. The van der Waals surface area contributed by atoms with Gasteiger partial charge in [-0.15, -0.1) is 0 Å². The fourth-order valence-corrected chi connectivity index (χ4v) is 10.5. The van der Waals surface area contributed by atoms with Gasteiger partial charge in [0.05, 0.1) is 25.9 Å². The second-order valence-corrected chi connectivity index (χ2v) is 20.8. The van der Waals surface area contributed by atoms with E-state index in [1.165, 1.54) is 122 Å². The smallest absolute Gasteiger partial charge is 0.748 e. The molecule has 0 amide bonds. The van der Waals surface area contributed by atoms with E-state index in [1.807, 2.05) is 0 Å². The predicted octanol–water partition coefficient (Wildman–Crippen LogP) is 1.83. The summed E-state index contributed by atoms with van der Waals surface area (Å²) < 4.78 is 72.0. The number of aliphatic hydroxyl groups excluding tert-OH is 8. The maximum absolute atomic E-state index is 12.2. The average Bonchev–Trinajstić information content (AvgIpc) is 3.28. The van der Waals surface area contributed by atoms with E-state index in [0.717, 1.165) is 51.4 Å². The quantitative estimate of drug-likeness (QED) is 0.0253. The van der Waals surface area contributed by atoms with Crippen LogP contribution in [-0.2, 0) is 38.5 Å². The van der Waals surface area contributed by atoms with Gasteiger partial charge in [-0.2, -0.15) is 0 Å². The normalized spacial score (nSPS) is 32.7. The van der Waals surface area contributed by atoms with E-state index < -0.39 is 115 Å². The molecule has 3 rings (SSSR count). The number of hydrogen-bond donors (Lipinski definition) is 8. The first-order chi connectivity index (χ1) is 31.7. The first-order valence-corrected chi connectivity index (χ1v) is 27.3. The summed E-state index contributed by atoms with van der Waals surface area (Å²) in [5.41, 5.74) is 0. The fraction of sp³-hybridized carbons (Fsp3) is 1.00. The molecule has 0 aromatic rings. The van der Waals surface area contributed by atoms with Crippen molar-refractivity contribution in [2.75, 3.05) is 19.8 Å². The zero-order chi connectivity index (χ0) is 48.5. The van der Waals surface area contributed by atoms with Crippen LogP contribution in [0.3, 0.4) is 0 Å². The molecule has 3 saturated heterocycles. The van der Waals surface area contributed by atoms with Gasteiger partial charge in [-0.05, 0) is 25.7 Å². The molecule has 15 unspecified atom stereocenters. The van der Waals surface area contributed by atoms with Crippen LogP contribution in [0.2, 0.25) is 0 Å². The molecule has 0 aromatic carbocycles. The summed E-state index contributed by atoms with van der Waals surface area (Å²) in [6, 6.07) is 0. The van der Waals surface area contributed by atoms with E-state index in [2.05, 4.69) is 13.8 Å². The summed E-state index contributed by atoms with van der Waals surface area (Å²) >= 11 is 0. The van der Waals surface area contributed by atoms with Crippen molar-refractivity contribution in [3.8, 4) is 0 Å². The van der Waals surface area contributed by atoms with E-state index in [0.29, 0.717) is 0 Å². The van der Waals surface area contributed by atoms with Crippen LogP contribution in [0.25, 0.3) is 0 Å². The minimum atomic E-state index is -5.40. The molecule has 392 valence electrons. The third-order valence-electron chi connectivity index (χ3n) is 13.8. The topological polar surface area (TPSA) is 274 Å². The van der Waals surface area contributed by atoms with Crippen LogP contribution in [0, 0.1) is 5.92 Å². The fourth-order valence-electron chi connectivity index (χ4n) is 9.53. The van der Waals surface area contributed by atoms with E-state index in [-0.39, 0.29) is 42.1 Å². The molecule has 0 bridgehead atoms. The third kappa shape index (κ3) is 22.2. The summed E-state index contributed by atoms with van der Waals surface area (Å²) in [5, 5.41) is 83.3. The predicted molar refractivity (Wildman–Crippen MR) is 246 cm³/mol. The molecule has 0 aromatic heterocycles. The van der Waals surface area contributed by atoms with Crippen molar-refractivity contribution in [1.82, 2.24) is 0 Å². The molecule has 3 aliphatic rings. The van der Waals surface area contributed by atoms with Gasteiger partial charge in [0, 0.05) is 0 Å². The molecule has 67 heavy (non-hydrogen) atoms. The number of aliphatic hydroxyl groups is 8. The third-order valence-corrected chi connectivity index (χ3v) is 15.0. The van der Waals surface area contributed by atoms with E-state index in [9.17, 15) is 53.8 Å². The molecule has 0 aliphatic carbocycles. The van der Waals surface area contributed by atoms with Crippen molar-refractivity contribution in [1.29, 1.82) is 0 Å². The van der Waals surface area contributed by atoms with Crippen molar-refractivity contribution in [2.24, 2.45) is 5.92 Å². The van der Waals surface area contributed by atoms with Crippen LogP contribution >= 0.6 is 0 Å². The van der Waals surface area contributed by atoms with Gasteiger partial charge in [0.25, 0.3) is 0 Å². The molecule has 3 fully saturated rings. The summed E-state index contributed by atoms with van der Waals surface area (Å²) in [4.78, 5) is 0. The van der Waals surface area contributed by atoms with Crippen molar-refractivity contribution >= 4 is 10.1 Å². The van der Waals surface area contributed by atoms with Gasteiger partial charge >= 0.3 is 29.6 Å². The summed E-state index contributed by atoms with van der Waals surface area (Å²) in [6.45, 7) is 4.32. The maximum atomic E-state index is 12.2. The van der Waals surface area contributed by atoms with E-state index in [4.69, 9.17) is 28.4 Å². The zero-order valence-electron chi connectivity index (χ0n) is 41.4. The van der Waals surface area contributed by atoms with Crippen molar-refractivity contribution < 1.29 is 112 Å². The summed E-state index contributed by atoms with van der Waals surface area (Å²) in [6.07, 6.45) is 7.47. The monoisotopic (exact) mass is 995 g/mol. The second-order valence-electron chi connectivity index (χ2n) is 19.3. The van der Waals surface area contributed by atoms with Crippen LogP contribution in [0.5, 0.6) is 0 Å². The summed E-state index contributed by atoms with van der Waals surface area (Å²) in [5.74, 6) is 0.118. The molecular formula is C48H91NaO17S. The molecule has 0 radical (unpaired) electrons. The molecule has 19 heteroatoms. The van der Waals surface area contributed by atoms with Crippen LogP contribution in [-0.4, -0.2) is 165 Å². The van der Waals surface area contributed by atoms with Gasteiger partial charge in [0.15, 0.2) is 18.9 Å². The van der Waals surface area contributed by atoms with Crippen molar-refractivity contribution in [3.63, 3.8) is 0 Å². The van der Waals surface area contributed by atoms with E-state index in [1.54, 1.807) is 0 Å². The van der Waals surface area contributed by atoms with Gasteiger partial charge in [-0.1, -0.05) is 168 Å². The van der Waals surface area contributed by atoms with Gasteiger partial charge in [-0.25, -0.2) is 8.42 Å². The number of hydrogen-bond acceptors (Lipinski definition) is 17. The molecule has 17 nitrogen and oxygen atoms in total. The van der Waals surface area contributed by atoms with Crippen LogP contribution < -0.4 is 29.6 Å². The van der Waals surface area contributed by atoms with Crippen LogP contribution in [0.4, 0.5) is 0 Å². The molecule has 0 saturated carbocycles. The summed E-state index contributed by atoms with van der Waals surface area (Å²) in [7, 11) is -5.40. The maximum Gasteiger partial charge on any atom is 1.00 e. The van der Waals surface area contributed by atoms with Gasteiger partial charge in [-0.3, -0.25) is 0 Å². The van der Waals surface area contributed by atoms with Gasteiger partial charge < -0.3 is 73.8 Å². The first-order valence-electron chi connectivity index (χ1n) is 25.8. The van der Waals surface area contributed by atoms with Crippen molar-refractivity contribution in [3.05, 3.63) is 0 Å². The number of rotatable bonds is 36. The molecule has 8 N–H and O–H groups in total. The Morgan fingerprint density at radius 3 is 1.33 bits per heavy atom. The van der Waals surface area contributed by atoms with Crippen LogP contribution in [0.1, 0.15) is 188 Å². The zero-order valence-corrected chi connectivity index (χ0v) is 44.2. The molecule has 3 heterocycles. The molecule has 3 aliphatic heterocycles. The van der Waals surface area contributed by atoms with Gasteiger partial charge in [0.2, 0.25) is 0 Å². The average molecular weight is 995 g/mol. The Bertz CT molecular complexity index is 1310. The second kappa shape index (κ2) is 35.5. The first kappa shape index (κ1) is 63.5. The van der Waals surface area contributed by atoms with Gasteiger partial charge in [0.1, 0.15) is 76.4 Å². The van der Waals surface area contributed by atoms with E-state index >= 15 is 0 Å². The largest absolute Gasteiger partial charge is 1.00 e. The standard InChI is InChI=1S/C48H92O17S.Na/c1-4-6-8-10-12-14-16-18-20-22-24-26-28-34(29-27-25-23-21-19-17-15-13-11-9-7-5-2)32-60-46-41(55)44(65-47-40(54)39(53)37(51)33(3)61-47)43(36(31-50)63-46)64-48-42(56)45(66(57,58)59)38(52)35(30-49)62-48;/h33-56H,4-32H2,1-3H3,(H,57,58,59);/q;+1/p-1. The van der Waals surface area contributed by atoms with Crippen LogP contribution in [0.15, 0.2) is 0 Å². The Kier molecular flexibility index (Phi) is 33.6. The molecule has 0 spiro atoms. The Morgan fingerprint density at radius 1 is 0.493 bits per heavy atom.